The molecule has 0 N–H and O–H groups in total. The Hall–Kier alpha value is -7.62. The molecule has 9 aromatic rings. The fraction of sp³-hybridized carbons (Fsp3) is 0. The molecule has 0 aliphatic rings. The van der Waals surface area contributed by atoms with Gasteiger partial charge in [0.1, 0.15) is 16.9 Å². The van der Waals surface area contributed by atoms with Crippen LogP contribution in [-0.2, 0) is 0 Å². The number of hydrogen-bond donors (Lipinski definition) is 0. The molecule has 2 aromatic heterocycles. The second kappa shape index (κ2) is 15.6. The molecular formula is C54H39NO2. The maximum atomic E-state index is 6.16. The first-order valence-corrected chi connectivity index (χ1v) is 19.0. The van der Waals surface area contributed by atoms with E-state index in [-0.39, 0.29) is 0 Å². The molecule has 272 valence electrons. The summed E-state index contributed by atoms with van der Waals surface area (Å²) >= 11 is 0. The van der Waals surface area contributed by atoms with Crippen LogP contribution in [0.1, 0.15) is 11.3 Å². The maximum Gasteiger partial charge on any atom is 0.135 e. The molecule has 0 amide bonds. The summed E-state index contributed by atoms with van der Waals surface area (Å²) in [6.07, 6.45) is 21.8. The third-order valence-corrected chi connectivity index (χ3v) is 10.3. The van der Waals surface area contributed by atoms with Gasteiger partial charge in [-0.1, -0.05) is 147 Å². The molecule has 2 heterocycles. The van der Waals surface area contributed by atoms with Gasteiger partial charge in [0.25, 0.3) is 0 Å². The fourth-order valence-electron chi connectivity index (χ4n) is 7.59. The third kappa shape index (κ3) is 7.06. The number of rotatable bonds is 11. The number of fused-ring (bicyclic) bond motifs is 6. The van der Waals surface area contributed by atoms with Gasteiger partial charge in [0, 0.05) is 33.9 Å². The van der Waals surface area contributed by atoms with Crippen LogP contribution in [0.4, 0.5) is 5.69 Å². The van der Waals surface area contributed by atoms with E-state index in [0.29, 0.717) is 0 Å². The highest BCUT2D eigenvalue weighted by molar-refractivity contribution is 6.13. The maximum absolute atomic E-state index is 6.16. The van der Waals surface area contributed by atoms with Crippen molar-refractivity contribution in [2.45, 2.75) is 0 Å². The second-order valence-electron chi connectivity index (χ2n) is 13.9. The summed E-state index contributed by atoms with van der Waals surface area (Å²) in [6.45, 7) is 8.08. The molecule has 0 radical (unpaired) electrons. The highest BCUT2D eigenvalue weighted by atomic mass is 16.3. The van der Waals surface area contributed by atoms with Crippen LogP contribution in [0.25, 0.3) is 77.0 Å². The van der Waals surface area contributed by atoms with Crippen molar-refractivity contribution in [3.8, 4) is 11.1 Å². The molecule has 0 saturated heterocycles. The van der Waals surface area contributed by atoms with Gasteiger partial charge in [0.05, 0.1) is 6.26 Å². The van der Waals surface area contributed by atoms with Gasteiger partial charge in [-0.05, 0) is 116 Å². The lowest BCUT2D eigenvalue weighted by atomic mass is 9.93. The molecule has 0 bridgehead atoms. The van der Waals surface area contributed by atoms with Crippen molar-refractivity contribution in [1.82, 2.24) is 0 Å². The minimum atomic E-state index is 0.789. The molecule has 0 atom stereocenters. The molecule has 0 saturated carbocycles. The summed E-state index contributed by atoms with van der Waals surface area (Å²) in [5.41, 5.74) is 7.87. The number of benzene rings is 7. The molecule has 0 aliphatic heterocycles. The van der Waals surface area contributed by atoms with Crippen molar-refractivity contribution in [3.63, 3.8) is 0 Å². The van der Waals surface area contributed by atoms with Crippen LogP contribution >= 0.6 is 0 Å². The van der Waals surface area contributed by atoms with E-state index in [1.807, 2.05) is 67.0 Å². The fourth-order valence-corrected chi connectivity index (χ4v) is 7.59. The Kier molecular flexibility index (Phi) is 9.62. The zero-order chi connectivity index (χ0) is 38.6. The molecule has 3 heteroatoms. The number of anilines is 1. The van der Waals surface area contributed by atoms with Crippen LogP contribution in [0.5, 0.6) is 0 Å². The Bertz CT molecular complexity index is 3070. The van der Waals surface area contributed by atoms with Crippen molar-refractivity contribution in [3.05, 3.63) is 237 Å². The first kappa shape index (κ1) is 35.1. The highest BCUT2D eigenvalue weighted by Crippen LogP contribution is 2.37. The predicted octanol–water partition coefficient (Wildman–Crippen LogP) is 15.2. The summed E-state index contributed by atoms with van der Waals surface area (Å²) in [4.78, 5) is 2.18. The SMILES string of the molecule is C=C\C=C/C(=C/C(=C/C=C)c1coc2cc3ccccc3cc12)N(/C=C/C=C\c1cc2ccccc2o1)c1ccc(-c2cc3ccccc3c3ccccc23)cc1. The number of allylic oxidation sites excluding steroid dienone is 9. The Labute approximate surface area is 332 Å². The first-order chi connectivity index (χ1) is 28.2. The van der Waals surface area contributed by atoms with Gasteiger partial charge in [-0.3, -0.25) is 0 Å². The lowest BCUT2D eigenvalue weighted by molar-refractivity contribution is 0.604. The summed E-state index contributed by atoms with van der Waals surface area (Å²) in [7, 11) is 0. The highest BCUT2D eigenvalue weighted by Gasteiger charge is 2.15. The van der Waals surface area contributed by atoms with Gasteiger partial charge in [-0.25, -0.2) is 0 Å². The summed E-state index contributed by atoms with van der Waals surface area (Å²) in [5.74, 6) is 0.789. The van der Waals surface area contributed by atoms with E-state index in [0.717, 1.165) is 66.6 Å². The van der Waals surface area contributed by atoms with Crippen LogP contribution in [0.2, 0.25) is 0 Å². The third-order valence-electron chi connectivity index (χ3n) is 10.3. The Balaban J connectivity index is 1.15. The van der Waals surface area contributed by atoms with Crippen molar-refractivity contribution in [1.29, 1.82) is 0 Å². The minimum Gasteiger partial charge on any atom is -0.464 e. The first-order valence-electron chi connectivity index (χ1n) is 19.0. The molecule has 3 nitrogen and oxygen atoms in total. The van der Waals surface area contributed by atoms with E-state index < -0.39 is 0 Å². The monoisotopic (exact) mass is 733 g/mol. The smallest absolute Gasteiger partial charge is 0.135 e. The van der Waals surface area contributed by atoms with E-state index in [2.05, 4.69) is 158 Å². The van der Waals surface area contributed by atoms with Crippen LogP contribution < -0.4 is 4.90 Å². The molecule has 9 rings (SSSR count). The van der Waals surface area contributed by atoms with E-state index in [1.54, 1.807) is 6.08 Å². The van der Waals surface area contributed by atoms with Crippen LogP contribution in [0, 0.1) is 0 Å². The minimum absolute atomic E-state index is 0.789. The molecule has 57 heavy (non-hydrogen) atoms. The number of para-hydroxylation sites is 1. The van der Waals surface area contributed by atoms with Crippen molar-refractivity contribution >= 4 is 71.6 Å². The molecule has 7 aromatic carbocycles. The van der Waals surface area contributed by atoms with Crippen molar-refractivity contribution < 1.29 is 8.83 Å². The Morgan fingerprint density at radius 1 is 0.561 bits per heavy atom. The largest absolute Gasteiger partial charge is 0.464 e. The van der Waals surface area contributed by atoms with Crippen molar-refractivity contribution in [2.75, 3.05) is 4.90 Å². The zero-order valence-electron chi connectivity index (χ0n) is 31.4. The topological polar surface area (TPSA) is 29.5 Å². The number of nitrogens with zero attached hydrogens (tertiary/aromatic N) is 1. The van der Waals surface area contributed by atoms with Crippen LogP contribution in [0.3, 0.4) is 0 Å². The second-order valence-corrected chi connectivity index (χ2v) is 13.9. The zero-order valence-corrected chi connectivity index (χ0v) is 31.4. The van der Waals surface area contributed by atoms with Gasteiger partial charge < -0.3 is 13.7 Å². The van der Waals surface area contributed by atoms with Gasteiger partial charge in [-0.15, -0.1) is 0 Å². The van der Waals surface area contributed by atoms with Gasteiger partial charge >= 0.3 is 0 Å². The van der Waals surface area contributed by atoms with E-state index in [1.165, 1.54) is 27.1 Å². The molecule has 0 aliphatic carbocycles. The molecular weight excluding hydrogens is 695 g/mol. The van der Waals surface area contributed by atoms with Crippen LogP contribution in [-0.4, -0.2) is 0 Å². The standard InChI is InChI=1S/C54H39NO2/c1-3-5-21-45(32-41(16-4-2)52-37-56-54-36-40-18-7-6-17-39(40)34-51(52)54)55(31-15-14-22-46-33-43-20-9-13-26-53(43)57-46)44-29-27-38(28-30-44)50-35-42-19-8-10-23-47(42)48-24-11-12-25-49(48)50/h3-37H,1-2H2/b21-5-,22-14-,31-15+,41-16-,45-32-. The van der Waals surface area contributed by atoms with E-state index >= 15 is 0 Å². The normalized spacial score (nSPS) is 12.7. The van der Waals surface area contributed by atoms with E-state index in [9.17, 15) is 0 Å². The number of hydrogen-bond acceptors (Lipinski definition) is 3. The van der Waals surface area contributed by atoms with Gasteiger partial charge in [0.2, 0.25) is 0 Å². The molecule has 0 spiro atoms. The molecule has 0 fully saturated rings. The lowest BCUT2D eigenvalue weighted by Crippen LogP contribution is -2.14. The van der Waals surface area contributed by atoms with Crippen molar-refractivity contribution in [2.24, 2.45) is 0 Å². The van der Waals surface area contributed by atoms with Gasteiger partial charge in [-0.2, -0.15) is 0 Å². The Morgan fingerprint density at radius 3 is 2.04 bits per heavy atom. The van der Waals surface area contributed by atoms with E-state index in [4.69, 9.17) is 8.83 Å². The van der Waals surface area contributed by atoms with Gasteiger partial charge in [0.15, 0.2) is 0 Å². The summed E-state index contributed by atoms with van der Waals surface area (Å²) in [6, 6.07) is 51.1. The van der Waals surface area contributed by atoms with Crippen LogP contribution in [0.15, 0.2) is 234 Å². The number of furan rings is 2. The average Bonchev–Trinajstić information content (AvgIpc) is 3.87. The summed E-state index contributed by atoms with van der Waals surface area (Å²) < 4.78 is 12.2. The average molecular weight is 734 g/mol. The summed E-state index contributed by atoms with van der Waals surface area (Å²) in [5, 5.41) is 9.35. The quantitative estimate of drug-likeness (QED) is 0.0979. The Morgan fingerprint density at radius 2 is 1.26 bits per heavy atom. The lowest BCUT2D eigenvalue weighted by Gasteiger charge is -2.23. The molecule has 0 unspecified atom stereocenters. The predicted molar refractivity (Wildman–Crippen MR) is 243 cm³/mol.